The van der Waals surface area contributed by atoms with Crippen LogP contribution in [0.5, 0.6) is 0 Å². The number of urea groups is 1. The van der Waals surface area contributed by atoms with Gasteiger partial charge in [-0.1, -0.05) is 12.1 Å². The Morgan fingerprint density at radius 1 is 1.03 bits per heavy atom. The highest BCUT2D eigenvalue weighted by molar-refractivity contribution is 7.91. The third kappa shape index (κ3) is 4.43. The highest BCUT2D eigenvalue weighted by Crippen LogP contribution is 2.23. The average Bonchev–Trinajstić information content (AvgIpc) is 2.80. The monoisotopic (exact) mass is 483 g/mol. The number of halogens is 1. The maximum absolute atomic E-state index is 13.6. The van der Waals surface area contributed by atoms with E-state index < -0.39 is 9.84 Å². The van der Waals surface area contributed by atoms with Gasteiger partial charge in [0.05, 0.1) is 40.5 Å². The smallest absolute Gasteiger partial charge is 0.320 e. The van der Waals surface area contributed by atoms with Gasteiger partial charge in [-0.25, -0.2) is 22.6 Å². The number of rotatable bonds is 3. The number of sulfone groups is 1. The molecule has 0 bridgehead atoms. The standard InChI is InChI=1S/C23H22FN5O4S/c24-16-3-1-2-15(10-16)20-5-4-18-19(11-25-12-21(18)27-20)22(30)26-17-13-29(14-17)23(31)28-6-8-34(32,33)9-7-28/h1-5,10-12,17H,6-9,13-14H2,(H,26,30). The molecule has 2 aliphatic heterocycles. The molecule has 176 valence electrons. The van der Waals surface area contributed by atoms with Crippen molar-refractivity contribution < 1.29 is 22.4 Å². The lowest BCUT2D eigenvalue weighted by Crippen LogP contribution is -2.64. The van der Waals surface area contributed by atoms with E-state index in [1.165, 1.54) is 23.2 Å². The Balaban J connectivity index is 1.24. The van der Waals surface area contributed by atoms with Crippen molar-refractivity contribution in [1.29, 1.82) is 0 Å². The second-order valence-corrected chi connectivity index (χ2v) is 10.8. The molecule has 0 atom stereocenters. The first kappa shape index (κ1) is 22.2. The predicted octanol–water partition coefficient (Wildman–Crippen LogP) is 1.70. The van der Waals surface area contributed by atoms with Gasteiger partial charge in [-0.2, -0.15) is 0 Å². The molecular weight excluding hydrogens is 461 g/mol. The van der Waals surface area contributed by atoms with Crippen LogP contribution in [0.15, 0.2) is 48.8 Å². The van der Waals surface area contributed by atoms with Gasteiger partial charge < -0.3 is 15.1 Å². The molecule has 3 amide bonds. The van der Waals surface area contributed by atoms with Crippen LogP contribution in [-0.2, 0) is 9.84 Å². The quantitative estimate of drug-likeness (QED) is 0.607. The number of carbonyl (C=O) groups excluding carboxylic acids is 2. The van der Waals surface area contributed by atoms with E-state index in [4.69, 9.17) is 0 Å². The number of pyridine rings is 2. The molecule has 1 aromatic carbocycles. The maximum Gasteiger partial charge on any atom is 0.320 e. The number of fused-ring (bicyclic) bond motifs is 1. The second-order valence-electron chi connectivity index (χ2n) is 8.46. The van der Waals surface area contributed by atoms with E-state index in [9.17, 15) is 22.4 Å². The van der Waals surface area contributed by atoms with Gasteiger partial charge in [0.15, 0.2) is 9.84 Å². The number of carbonyl (C=O) groups is 2. The van der Waals surface area contributed by atoms with Crippen LogP contribution in [0.2, 0.25) is 0 Å². The van der Waals surface area contributed by atoms with Crippen molar-refractivity contribution in [3.8, 4) is 11.3 Å². The van der Waals surface area contributed by atoms with Crippen LogP contribution in [0.1, 0.15) is 10.4 Å². The van der Waals surface area contributed by atoms with E-state index >= 15 is 0 Å². The first-order chi connectivity index (χ1) is 16.3. The van der Waals surface area contributed by atoms with Crippen LogP contribution in [0.3, 0.4) is 0 Å². The molecule has 11 heteroatoms. The number of benzene rings is 1. The molecule has 2 saturated heterocycles. The Hall–Kier alpha value is -3.60. The minimum Gasteiger partial charge on any atom is -0.346 e. The van der Waals surface area contributed by atoms with Crippen molar-refractivity contribution in [3.63, 3.8) is 0 Å². The number of hydrogen-bond acceptors (Lipinski definition) is 6. The number of amides is 3. The lowest BCUT2D eigenvalue weighted by atomic mass is 10.1. The minimum absolute atomic E-state index is 0.0181. The van der Waals surface area contributed by atoms with E-state index in [1.807, 2.05) is 0 Å². The van der Waals surface area contributed by atoms with Crippen LogP contribution < -0.4 is 5.32 Å². The zero-order valence-electron chi connectivity index (χ0n) is 18.1. The maximum atomic E-state index is 13.6. The topological polar surface area (TPSA) is 113 Å². The SMILES string of the molecule is O=C(NC1CN(C(=O)N2CCS(=O)(=O)CC2)C1)c1cncc2nc(-c3cccc(F)c3)ccc12. The van der Waals surface area contributed by atoms with Gasteiger partial charge >= 0.3 is 6.03 Å². The summed E-state index contributed by atoms with van der Waals surface area (Å²) < 4.78 is 36.7. The highest BCUT2D eigenvalue weighted by Gasteiger charge is 2.36. The largest absolute Gasteiger partial charge is 0.346 e. The Morgan fingerprint density at radius 3 is 2.53 bits per heavy atom. The average molecular weight is 484 g/mol. The molecule has 0 aliphatic carbocycles. The number of hydrogen-bond donors (Lipinski definition) is 1. The molecule has 2 aliphatic rings. The summed E-state index contributed by atoms with van der Waals surface area (Å²) in [4.78, 5) is 37.2. The molecular formula is C23H22FN5O4S. The van der Waals surface area contributed by atoms with Crippen molar-refractivity contribution in [3.05, 3.63) is 60.2 Å². The first-order valence-corrected chi connectivity index (χ1v) is 12.7. The fourth-order valence-corrected chi connectivity index (χ4v) is 5.34. The lowest BCUT2D eigenvalue weighted by molar-refractivity contribution is 0.0806. The van der Waals surface area contributed by atoms with E-state index in [1.54, 1.807) is 35.4 Å². The Bertz CT molecular complexity index is 1380. The van der Waals surface area contributed by atoms with Gasteiger partial charge in [0.25, 0.3) is 5.91 Å². The molecule has 5 rings (SSSR count). The summed E-state index contributed by atoms with van der Waals surface area (Å²) in [6, 6.07) is 9.20. The van der Waals surface area contributed by atoms with E-state index in [0.29, 0.717) is 40.8 Å². The molecule has 2 fully saturated rings. The third-order valence-corrected chi connectivity index (χ3v) is 7.69. The fourth-order valence-electron chi connectivity index (χ4n) is 4.14. The fraction of sp³-hybridized carbons (Fsp3) is 0.304. The lowest BCUT2D eigenvalue weighted by Gasteiger charge is -2.42. The summed E-state index contributed by atoms with van der Waals surface area (Å²) in [6.07, 6.45) is 3.02. The van der Waals surface area contributed by atoms with E-state index in [2.05, 4.69) is 15.3 Å². The molecule has 0 unspecified atom stereocenters. The van der Waals surface area contributed by atoms with Crippen LogP contribution in [0.4, 0.5) is 9.18 Å². The first-order valence-electron chi connectivity index (χ1n) is 10.8. The Labute approximate surface area is 195 Å². The van der Waals surface area contributed by atoms with Gasteiger partial charge in [0, 0.05) is 43.3 Å². The predicted molar refractivity (Wildman–Crippen MR) is 123 cm³/mol. The zero-order chi connectivity index (χ0) is 23.9. The van der Waals surface area contributed by atoms with Crippen molar-refractivity contribution >= 4 is 32.7 Å². The van der Waals surface area contributed by atoms with Crippen molar-refractivity contribution in [2.75, 3.05) is 37.7 Å². The van der Waals surface area contributed by atoms with Crippen LogP contribution >= 0.6 is 0 Å². The Kier molecular flexibility index (Phi) is 5.64. The van der Waals surface area contributed by atoms with Crippen LogP contribution in [-0.4, -0.2) is 83.9 Å². The third-order valence-electron chi connectivity index (χ3n) is 6.08. The van der Waals surface area contributed by atoms with Gasteiger partial charge in [-0.15, -0.1) is 0 Å². The van der Waals surface area contributed by atoms with E-state index in [-0.39, 0.29) is 48.4 Å². The van der Waals surface area contributed by atoms with Crippen LogP contribution in [0, 0.1) is 5.82 Å². The zero-order valence-corrected chi connectivity index (χ0v) is 19.0. The minimum atomic E-state index is -3.06. The van der Waals surface area contributed by atoms with Crippen LogP contribution in [0.25, 0.3) is 22.2 Å². The summed E-state index contributed by atoms with van der Waals surface area (Å²) in [5, 5.41) is 3.53. The molecule has 9 nitrogen and oxygen atoms in total. The number of aromatic nitrogens is 2. The molecule has 0 saturated carbocycles. The molecule has 1 N–H and O–H groups in total. The van der Waals surface area contributed by atoms with Crippen molar-refractivity contribution in [1.82, 2.24) is 25.1 Å². The number of nitrogens with one attached hydrogen (secondary N) is 1. The highest BCUT2D eigenvalue weighted by atomic mass is 32.2. The summed E-state index contributed by atoms with van der Waals surface area (Å²) in [5.74, 6) is -0.713. The number of nitrogens with zero attached hydrogens (tertiary/aromatic N) is 4. The number of likely N-dealkylation sites (tertiary alicyclic amines) is 1. The second kappa shape index (κ2) is 8.64. The Morgan fingerprint density at radius 2 is 1.79 bits per heavy atom. The molecule has 0 spiro atoms. The molecule has 2 aromatic heterocycles. The van der Waals surface area contributed by atoms with Gasteiger partial charge in [-0.05, 0) is 24.3 Å². The normalized spacial score (nSPS) is 17.9. The molecule has 3 aromatic rings. The van der Waals surface area contributed by atoms with Gasteiger partial charge in [-0.3, -0.25) is 9.78 Å². The molecule has 34 heavy (non-hydrogen) atoms. The summed E-state index contributed by atoms with van der Waals surface area (Å²) in [7, 11) is -3.06. The summed E-state index contributed by atoms with van der Waals surface area (Å²) >= 11 is 0. The van der Waals surface area contributed by atoms with Crippen molar-refractivity contribution in [2.45, 2.75) is 6.04 Å². The summed E-state index contributed by atoms with van der Waals surface area (Å²) in [5.41, 5.74) is 2.08. The van der Waals surface area contributed by atoms with Gasteiger partial charge in [0.2, 0.25) is 0 Å². The van der Waals surface area contributed by atoms with Gasteiger partial charge in [0.1, 0.15) is 5.82 Å². The van der Waals surface area contributed by atoms with Crippen molar-refractivity contribution in [2.24, 2.45) is 0 Å². The molecule has 4 heterocycles. The molecule has 0 radical (unpaired) electrons. The van der Waals surface area contributed by atoms with E-state index in [0.717, 1.165) is 0 Å². The summed E-state index contributed by atoms with van der Waals surface area (Å²) in [6.45, 7) is 1.10.